The Morgan fingerprint density at radius 3 is 1.95 bits per heavy atom. The van der Waals surface area contributed by atoms with E-state index in [2.05, 4.69) is 11.3 Å². The Hall–Kier alpha value is -1.61. The molecule has 0 saturated heterocycles. The highest BCUT2D eigenvalue weighted by atomic mass is 32.2. The van der Waals surface area contributed by atoms with Crippen molar-refractivity contribution < 1.29 is 35.3 Å². The minimum atomic E-state index is -6.17. The van der Waals surface area contributed by atoms with Gasteiger partial charge >= 0.3 is 21.5 Å². The summed E-state index contributed by atoms with van der Waals surface area (Å²) in [5.41, 5.74) is 0.496. The molecule has 0 aliphatic heterocycles. The average molecular weight is 300 g/mol. The minimum Gasteiger partial charge on any atom is -0.437 e. The van der Waals surface area contributed by atoms with Crippen molar-refractivity contribution in [2.45, 2.75) is 11.4 Å². The lowest BCUT2D eigenvalue weighted by Gasteiger charge is -2.25. The molecular formula is C10H8F4O4S. The molecule has 9 heteroatoms. The van der Waals surface area contributed by atoms with E-state index in [9.17, 15) is 26.0 Å². The van der Waals surface area contributed by atoms with E-state index in [1.807, 2.05) is 0 Å². The van der Waals surface area contributed by atoms with Gasteiger partial charge in [0, 0.05) is 0 Å². The standard InChI is InChI=1S/C10H8F4O4S/c1-2-7-3-5-8(6-4-7)18-10(14,9(11,12)13)19(15,16)17/h2-6H,1H2,(H,15,16,17). The van der Waals surface area contributed by atoms with Gasteiger partial charge in [0.2, 0.25) is 0 Å². The first-order valence-electron chi connectivity index (χ1n) is 4.65. The third kappa shape index (κ3) is 3.04. The van der Waals surface area contributed by atoms with Crippen molar-refractivity contribution in [3.8, 4) is 5.75 Å². The number of alkyl halides is 4. The van der Waals surface area contributed by atoms with Gasteiger partial charge in [-0.3, -0.25) is 4.55 Å². The summed E-state index contributed by atoms with van der Waals surface area (Å²) < 4.78 is 83.8. The second-order valence-corrected chi connectivity index (χ2v) is 4.86. The van der Waals surface area contributed by atoms with Gasteiger partial charge in [-0.15, -0.1) is 0 Å². The van der Waals surface area contributed by atoms with E-state index < -0.39 is 27.2 Å². The highest BCUT2D eigenvalue weighted by molar-refractivity contribution is 7.87. The molecule has 0 fully saturated rings. The van der Waals surface area contributed by atoms with Crippen LogP contribution in [0, 0.1) is 0 Å². The first kappa shape index (κ1) is 15.4. The van der Waals surface area contributed by atoms with Gasteiger partial charge in [0.05, 0.1) is 0 Å². The summed E-state index contributed by atoms with van der Waals surface area (Å²) in [7, 11) is -6.17. The van der Waals surface area contributed by atoms with E-state index >= 15 is 0 Å². The number of ether oxygens (including phenoxy) is 1. The van der Waals surface area contributed by atoms with Crippen LogP contribution in [0.3, 0.4) is 0 Å². The second kappa shape index (κ2) is 4.82. The van der Waals surface area contributed by atoms with Crippen LogP contribution in [0.2, 0.25) is 0 Å². The van der Waals surface area contributed by atoms with Crippen LogP contribution in [0.25, 0.3) is 6.08 Å². The Morgan fingerprint density at radius 2 is 1.63 bits per heavy atom. The summed E-state index contributed by atoms with van der Waals surface area (Å²) in [6, 6.07) is 4.26. The van der Waals surface area contributed by atoms with E-state index in [1.165, 1.54) is 18.2 Å². The molecule has 0 amide bonds. The van der Waals surface area contributed by atoms with E-state index in [0.29, 0.717) is 5.56 Å². The average Bonchev–Trinajstić information content (AvgIpc) is 2.27. The van der Waals surface area contributed by atoms with Crippen molar-refractivity contribution in [2.24, 2.45) is 0 Å². The maximum absolute atomic E-state index is 13.5. The minimum absolute atomic E-state index is 0.496. The van der Waals surface area contributed by atoms with Gasteiger partial charge in [0.1, 0.15) is 5.75 Å². The summed E-state index contributed by atoms with van der Waals surface area (Å²) in [6.07, 6.45) is -4.60. The topological polar surface area (TPSA) is 63.6 Å². The molecule has 1 unspecified atom stereocenters. The normalized spacial score (nSPS) is 15.6. The lowest BCUT2D eigenvalue weighted by atomic mass is 10.2. The fourth-order valence-electron chi connectivity index (χ4n) is 1.08. The molecule has 1 N–H and O–H groups in total. The molecule has 4 nitrogen and oxygen atoms in total. The molecule has 0 bridgehead atoms. The molecule has 0 aliphatic rings. The lowest BCUT2D eigenvalue weighted by molar-refractivity contribution is -0.262. The molecule has 0 aromatic heterocycles. The van der Waals surface area contributed by atoms with Crippen molar-refractivity contribution in [3.05, 3.63) is 36.4 Å². The quantitative estimate of drug-likeness (QED) is 0.686. The van der Waals surface area contributed by atoms with Crippen LogP contribution in [-0.4, -0.2) is 24.3 Å². The summed E-state index contributed by atoms with van der Waals surface area (Å²) >= 11 is 0. The van der Waals surface area contributed by atoms with Crippen molar-refractivity contribution in [1.29, 1.82) is 0 Å². The van der Waals surface area contributed by atoms with Crippen LogP contribution in [0.1, 0.15) is 5.56 Å². The van der Waals surface area contributed by atoms with Crippen LogP contribution in [0.15, 0.2) is 30.8 Å². The molecule has 19 heavy (non-hydrogen) atoms. The van der Waals surface area contributed by atoms with Crippen molar-refractivity contribution in [2.75, 3.05) is 0 Å². The first-order chi connectivity index (χ1) is 8.51. The van der Waals surface area contributed by atoms with E-state index in [0.717, 1.165) is 12.1 Å². The zero-order valence-electron chi connectivity index (χ0n) is 9.19. The summed E-state index contributed by atoms with van der Waals surface area (Å²) in [6.45, 7) is 3.38. The number of hydrogen-bond acceptors (Lipinski definition) is 3. The second-order valence-electron chi connectivity index (χ2n) is 3.38. The van der Waals surface area contributed by atoms with Crippen LogP contribution >= 0.6 is 0 Å². The summed E-state index contributed by atoms with van der Waals surface area (Å²) in [5, 5.41) is -5.23. The summed E-state index contributed by atoms with van der Waals surface area (Å²) in [4.78, 5) is 0. The summed E-state index contributed by atoms with van der Waals surface area (Å²) in [5.74, 6) is -0.719. The van der Waals surface area contributed by atoms with E-state index in [4.69, 9.17) is 4.55 Å². The lowest BCUT2D eigenvalue weighted by Crippen LogP contribution is -2.52. The van der Waals surface area contributed by atoms with Gasteiger partial charge in [0.15, 0.2) is 0 Å². The third-order valence-corrected chi connectivity index (χ3v) is 3.01. The highest BCUT2D eigenvalue weighted by Gasteiger charge is 2.69. The number of halogens is 4. The molecule has 0 radical (unpaired) electrons. The predicted molar refractivity (Wildman–Crippen MR) is 58.6 cm³/mol. The molecule has 1 atom stereocenters. The molecule has 1 rings (SSSR count). The predicted octanol–water partition coefficient (Wildman–Crippen LogP) is 2.78. The molecule has 0 aliphatic carbocycles. The Bertz CT molecular complexity index is 564. The largest absolute Gasteiger partial charge is 0.479 e. The molecular weight excluding hydrogens is 292 g/mol. The molecule has 1 aromatic carbocycles. The van der Waals surface area contributed by atoms with Gasteiger partial charge in [-0.2, -0.15) is 26.0 Å². The van der Waals surface area contributed by atoms with Crippen LogP contribution in [0.5, 0.6) is 5.75 Å². The highest BCUT2D eigenvalue weighted by Crippen LogP contribution is 2.39. The van der Waals surface area contributed by atoms with Gasteiger partial charge in [0.25, 0.3) is 0 Å². The van der Waals surface area contributed by atoms with Gasteiger partial charge in [-0.05, 0) is 17.7 Å². The number of rotatable bonds is 4. The van der Waals surface area contributed by atoms with Gasteiger partial charge in [-0.25, -0.2) is 0 Å². The van der Waals surface area contributed by atoms with Crippen molar-refractivity contribution in [3.63, 3.8) is 0 Å². The van der Waals surface area contributed by atoms with Crippen LogP contribution in [0.4, 0.5) is 17.6 Å². The Labute approximate surface area is 106 Å². The van der Waals surface area contributed by atoms with E-state index in [-0.39, 0.29) is 0 Å². The van der Waals surface area contributed by atoms with Crippen molar-refractivity contribution >= 4 is 16.2 Å². The van der Waals surface area contributed by atoms with Crippen LogP contribution in [-0.2, 0) is 10.1 Å². The number of benzene rings is 1. The first-order valence-corrected chi connectivity index (χ1v) is 6.09. The fraction of sp³-hybridized carbons (Fsp3) is 0.200. The molecule has 0 saturated carbocycles. The Kier molecular flexibility index (Phi) is 3.92. The Balaban J connectivity index is 3.19. The van der Waals surface area contributed by atoms with E-state index in [1.54, 1.807) is 0 Å². The molecule has 1 aromatic rings. The van der Waals surface area contributed by atoms with Crippen molar-refractivity contribution in [1.82, 2.24) is 0 Å². The Morgan fingerprint density at radius 1 is 1.16 bits per heavy atom. The SMILES string of the molecule is C=Cc1ccc(OC(F)(C(F)(F)F)S(=O)(=O)O)cc1. The molecule has 106 valence electrons. The molecule has 0 spiro atoms. The zero-order valence-corrected chi connectivity index (χ0v) is 10.0. The fourth-order valence-corrected chi connectivity index (χ4v) is 1.57. The number of hydrogen-bond donors (Lipinski definition) is 1. The monoisotopic (exact) mass is 300 g/mol. The zero-order chi connectivity index (χ0) is 14.9. The molecule has 0 heterocycles. The maximum atomic E-state index is 13.5. The maximum Gasteiger partial charge on any atom is 0.479 e. The smallest absolute Gasteiger partial charge is 0.437 e. The van der Waals surface area contributed by atoms with Gasteiger partial charge < -0.3 is 4.74 Å². The van der Waals surface area contributed by atoms with Crippen LogP contribution < -0.4 is 4.74 Å². The van der Waals surface area contributed by atoms with Gasteiger partial charge in [-0.1, -0.05) is 24.8 Å². The third-order valence-electron chi connectivity index (χ3n) is 2.04.